The van der Waals surface area contributed by atoms with E-state index in [1.54, 1.807) is 30.3 Å². The average molecular weight is 542 g/mol. The second-order valence-corrected chi connectivity index (χ2v) is 8.55. The van der Waals surface area contributed by atoms with Crippen LogP contribution in [0.4, 0.5) is 0 Å². The highest BCUT2D eigenvalue weighted by atomic mass is 127. The minimum atomic E-state index is -0.00575. The Morgan fingerprint density at radius 2 is 2.00 bits per heavy atom. The van der Waals surface area contributed by atoms with Gasteiger partial charge in [-0.15, -0.1) is 35.3 Å². The molecule has 6 nitrogen and oxygen atoms in total. The summed E-state index contributed by atoms with van der Waals surface area (Å²) in [5.74, 6) is 0.689. The lowest BCUT2D eigenvalue weighted by Gasteiger charge is -2.25. The number of likely N-dealkylation sites (N-methyl/N-ethyl adjacent to an activating group) is 1. The Morgan fingerprint density at radius 3 is 2.70 bits per heavy atom. The third-order valence-electron chi connectivity index (χ3n) is 5.11. The van der Waals surface area contributed by atoms with Crippen LogP contribution < -0.4 is 10.6 Å². The Balaban J connectivity index is 0.00000320. The van der Waals surface area contributed by atoms with Crippen LogP contribution in [0.1, 0.15) is 23.3 Å². The van der Waals surface area contributed by atoms with E-state index in [1.807, 2.05) is 6.07 Å². The molecular formula is C22H32IN5OS. The van der Waals surface area contributed by atoms with E-state index in [0.29, 0.717) is 18.5 Å². The molecule has 8 heteroatoms. The highest BCUT2D eigenvalue weighted by Crippen LogP contribution is 2.19. The quantitative estimate of drug-likeness (QED) is 0.307. The van der Waals surface area contributed by atoms with Gasteiger partial charge in [0.1, 0.15) is 6.54 Å². The lowest BCUT2D eigenvalue weighted by molar-refractivity contribution is -0.127. The first-order valence-corrected chi connectivity index (χ1v) is 11.0. The molecule has 2 N–H and O–H groups in total. The molecule has 1 aromatic carbocycles. The molecule has 0 radical (unpaired) electrons. The van der Waals surface area contributed by atoms with Gasteiger partial charge in [-0.05, 0) is 36.4 Å². The molecular weight excluding hydrogens is 509 g/mol. The van der Waals surface area contributed by atoms with Crippen LogP contribution in [0.2, 0.25) is 0 Å². The van der Waals surface area contributed by atoms with Gasteiger partial charge in [-0.1, -0.05) is 36.4 Å². The summed E-state index contributed by atoms with van der Waals surface area (Å²) in [6, 6.07) is 15.2. The third-order valence-corrected chi connectivity index (χ3v) is 5.99. The Kier molecular flexibility index (Phi) is 10.6. The first kappa shape index (κ1) is 24.6. The van der Waals surface area contributed by atoms with Gasteiger partial charge in [-0.3, -0.25) is 9.69 Å². The van der Waals surface area contributed by atoms with Gasteiger partial charge in [0.05, 0.1) is 6.54 Å². The summed E-state index contributed by atoms with van der Waals surface area (Å²) >= 11 is 1.71. The molecule has 30 heavy (non-hydrogen) atoms. The summed E-state index contributed by atoms with van der Waals surface area (Å²) in [7, 11) is 3.51. The average Bonchev–Trinajstić information content (AvgIpc) is 3.40. The van der Waals surface area contributed by atoms with Gasteiger partial charge in [0.15, 0.2) is 5.96 Å². The summed E-state index contributed by atoms with van der Waals surface area (Å²) in [5, 5.41) is 8.90. The predicted molar refractivity (Wildman–Crippen MR) is 135 cm³/mol. The first-order valence-electron chi connectivity index (χ1n) is 10.1. The van der Waals surface area contributed by atoms with Crippen LogP contribution >= 0.6 is 35.3 Å². The van der Waals surface area contributed by atoms with Crippen molar-refractivity contribution < 1.29 is 4.79 Å². The normalized spacial score (nSPS) is 16.7. The largest absolute Gasteiger partial charge is 0.355 e. The summed E-state index contributed by atoms with van der Waals surface area (Å²) < 4.78 is 0. The van der Waals surface area contributed by atoms with Gasteiger partial charge in [0.25, 0.3) is 0 Å². The molecule has 0 saturated carbocycles. The number of hydrogen-bond donors (Lipinski definition) is 2. The van der Waals surface area contributed by atoms with Crippen LogP contribution in [0.15, 0.2) is 52.8 Å². The fourth-order valence-corrected chi connectivity index (χ4v) is 4.06. The molecule has 1 aliphatic heterocycles. The minimum Gasteiger partial charge on any atom is -0.355 e. The Labute approximate surface area is 200 Å². The van der Waals surface area contributed by atoms with Crippen molar-refractivity contribution in [2.75, 3.05) is 33.7 Å². The zero-order chi connectivity index (χ0) is 20.5. The zero-order valence-corrected chi connectivity index (χ0v) is 20.9. The molecule has 3 rings (SSSR count). The monoisotopic (exact) mass is 541 g/mol. The molecule has 2 heterocycles. The maximum Gasteiger partial charge on any atom is 0.243 e. The Hall–Kier alpha value is -1.65. The van der Waals surface area contributed by atoms with E-state index in [4.69, 9.17) is 0 Å². The number of rotatable bonds is 8. The van der Waals surface area contributed by atoms with E-state index in [1.165, 1.54) is 23.3 Å². The molecule has 1 fully saturated rings. The molecule has 0 aliphatic carbocycles. The van der Waals surface area contributed by atoms with Gasteiger partial charge in [0, 0.05) is 38.1 Å². The SMILES string of the molecule is CN(C)C(=O)CN=C(NCc1cccs1)NCC1CCCN1Cc1ccccc1.I. The number of carbonyl (C=O) groups is 1. The maximum absolute atomic E-state index is 12.0. The minimum absolute atomic E-state index is 0. The number of nitrogens with zero attached hydrogens (tertiary/aromatic N) is 3. The van der Waals surface area contributed by atoms with Gasteiger partial charge >= 0.3 is 0 Å². The van der Waals surface area contributed by atoms with Crippen LogP contribution in [0.3, 0.4) is 0 Å². The number of thiophene rings is 1. The highest BCUT2D eigenvalue weighted by molar-refractivity contribution is 14.0. The number of benzene rings is 1. The molecule has 1 aliphatic rings. The summed E-state index contributed by atoms with van der Waals surface area (Å²) in [4.78, 5) is 21.8. The summed E-state index contributed by atoms with van der Waals surface area (Å²) in [5.41, 5.74) is 1.35. The number of aliphatic imine (C=N–C) groups is 1. The van der Waals surface area contributed by atoms with Crippen LogP contribution in [0.25, 0.3) is 0 Å². The maximum atomic E-state index is 12.0. The van der Waals surface area contributed by atoms with Crippen molar-refractivity contribution >= 4 is 47.2 Å². The van der Waals surface area contributed by atoms with Crippen LogP contribution in [0, 0.1) is 0 Å². The summed E-state index contributed by atoms with van der Waals surface area (Å²) in [6.07, 6.45) is 2.39. The molecule has 1 amide bonds. The fourth-order valence-electron chi connectivity index (χ4n) is 3.41. The molecule has 1 unspecified atom stereocenters. The van der Waals surface area contributed by atoms with Crippen LogP contribution in [-0.2, 0) is 17.9 Å². The van der Waals surface area contributed by atoms with E-state index in [9.17, 15) is 4.79 Å². The number of halogens is 1. The van der Waals surface area contributed by atoms with E-state index in [0.717, 1.165) is 19.6 Å². The standard InChI is InChI=1S/C22H31N5OS.HI/c1-26(2)21(28)16-25-22(24-15-20-11-7-13-29-20)23-14-19-10-6-12-27(19)17-18-8-4-3-5-9-18;/h3-5,7-9,11,13,19H,6,10,12,14-17H2,1-2H3,(H2,23,24,25);1H. The number of likely N-dealkylation sites (tertiary alicyclic amines) is 1. The van der Waals surface area contributed by atoms with Crippen molar-refractivity contribution in [3.05, 3.63) is 58.3 Å². The molecule has 1 saturated heterocycles. The highest BCUT2D eigenvalue weighted by Gasteiger charge is 2.24. The topological polar surface area (TPSA) is 60.0 Å². The van der Waals surface area contributed by atoms with E-state index >= 15 is 0 Å². The first-order chi connectivity index (χ1) is 14.1. The van der Waals surface area contributed by atoms with Gasteiger partial charge < -0.3 is 15.5 Å². The molecule has 0 spiro atoms. The number of carbonyl (C=O) groups excluding carboxylic acids is 1. The number of hydrogen-bond acceptors (Lipinski definition) is 4. The van der Waals surface area contributed by atoms with Gasteiger partial charge in [0.2, 0.25) is 5.91 Å². The van der Waals surface area contributed by atoms with E-state index in [-0.39, 0.29) is 36.4 Å². The predicted octanol–water partition coefficient (Wildman–Crippen LogP) is 3.15. The lowest BCUT2D eigenvalue weighted by atomic mass is 10.2. The van der Waals surface area contributed by atoms with Crippen molar-refractivity contribution in [2.45, 2.75) is 32.0 Å². The van der Waals surface area contributed by atoms with Crippen molar-refractivity contribution in [1.29, 1.82) is 0 Å². The molecule has 1 atom stereocenters. The van der Waals surface area contributed by atoms with E-state index < -0.39 is 0 Å². The second-order valence-electron chi connectivity index (χ2n) is 7.52. The van der Waals surface area contributed by atoms with E-state index in [2.05, 4.69) is 62.3 Å². The summed E-state index contributed by atoms with van der Waals surface area (Å²) in [6.45, 7) is 3.76. The van der Waals surface area contributed by atoms with Crippen LogP contribution in [0.5, 0.6) is 0 Å². The molecule has 2 aromatic rings. The third kappa shape index (κ3) is 7.88. The van der Waals surface area contributed by atoms with Crippen molar-refractivity contribution in [2.24, 2.45) is 4.99 Å². The Bertz CT molecular complexity index is 782. The van der Waals surface area contributed by atoms with Gasteiger partial charge in [-0.25, -0.2) is 4.99 Å². The van der Waals surface area contributed by atoms with Crippen molar-refractivity contribution in [1.82, 2.24) is 20.4 Å². The smallest absolute Gasteiger partial charge is 0.243 e. The molecule has 0 bridgehead atoms. The van der Waals surface area contributed by atoms with Gasteiger partial charge in [-0.2, -0.15) is 0 Å². The van der Waals surface area contributed by atoms with Crippen molar-refractivity contribution in [3.8, 4) is 0 Å². The molecule has 164 valence electrons. The zero-order valence-electron chi connectivity index (χ0n) is 17.7. The Morgan fingerprint density at radius 1 is 1.20 bits per heavy atom. The van der Waals surface area contributed by atoms with Crippen molar-refractivity contribution in [3.63, 3.8) is 0 Å². The molecule has 1 aromatic heterocycles. The fraction of sp³-hybridized carbons (Fsp3) is 0.455. The lowest BCUT2D eigenvalue weighted by Crippen LogP contribution is -2.45. The number of nitrogens with one attached hydrogen (secondary N) is 2. The van der Waals surface area contributed by atoms with Crippen LogP contribution in [-0.4, -0.2) is 61.4 Å². The second kappa shape index (κ2) is 12.9. The number of guanidine groups is 1. The number of amides is 1.